The zero-order chi connectivity index (χ0) is 28.0. The van der Waals surface area contributed by atoms with Gasteiger partial charge in [-0.15, -0.1) is 0 Å². The van der Waals surface area contributed by atoms with E-state index in [2.05, 4.69) is 20.9 Å². The summed E-state index contributed by atoms with van der Waals surface area (Å²) >= 11 is 0. The molecule has 1 N–H and O–H groups in total. The Morgan fingerprint density at radius 3 is 2.67 bits per heavy atom. The monoisotopic (exact) mass is 551 g/mol. The highest BCUT2D eigenvalue weighted by molar-refractivity contribution is 7.89. The predicted octanol–water partition coefficient (Wildman–Crippen LogP) is 3.09. The van der Waals surface area contributed by atoms with Gasteiger partial charge in [0, 0.05) is 57.3 Å². The lowest BCUT2D eigenvalue weighted by molar-refractivity contribution is 0.146. The van der Waals surface area contributed by atoms with E-state index in [-0.39, 0.29) is 11.6 Å². The van der Waals surface area contributed by atoms with Crippen LogP contribution in [-0.2, 0) is 30.0 Å². The van der Waals surface area contributed by atoms with Crippen LogP contribution >= 0.6 is 0 Å². The molecule has 0 fully saturated rings. The first kappa shape index (κ1) is 28.1. The standard InChI is InChI=1S/C27H33N7O4S/c1-3-32(27(35)36)12-6-7-13-34(39(37,38)26-8-4-5-11-30-26)23-15-22-14-21(16-28)9-10-25(22)33(18-23)19-24-17-29-20-31(24)2/h4-5,8-11,14,17,20,23H,3,6-7,12-13,15,18-19H2,1-2H3,(H,35,36). The first-order valence-electron chi connectivity index (χ1n) is 12.9. The first-order valence-corrected chi connectivity index (χ1v) is 14.3. The molecule has 0 radical (unpaired) electrons. The Morgan fingerprint density at radius 1 is 1.23 bits per heavy atom. The van der Waals surface area contributed by atoms with Crippen LogP contribution in [0.3, 0.4) is 0 Å². The average molecular weight is 552 g/mol. The molecule has 0 aliphatic carbocycles. The zero-order valence-corrected chi connectivity index (χ0v) is 23.0. The number of hydrogen-bond donors (Lipinski definition) is 1. The van der Waals surface area contributed by atoms with Gasteiger partial charge >= 0.3 is 6.09 Å². The fraction of sp³-hybridized carbons (Fsp3) is 0.407. The number of sulfonamides is 1. The summed E-state index contributed by atoms with van der Waals surface area (Å²) in [5.74, 6) is 0. The van der Waals surface area contributed by atoms with E-state index in [0.29, 0.717) is 51.0 Å². The fourth-order valence-electron chi connectivity index (χ4n) is 4.95. The molecule has 0 bridgehead atoms. The molecule has 0 saturated heterocycles. The van der Waals surface area contributed by atoms with E-state index in [1.807, 2.05) is 23.7 Å². The van der Waals surface area contributed by atoms with Crippen molar-refractivity contribution >= 4 is 21.8 Å². The molecule has 3 aromatic rings. The number of unbranched alkanes of at least 4 members (excludes halogenated alkanes) is 1. The second-order valence-electron chi connectivity index (χ2n) is 9.54. The summed E-state index contributed by atoms with van der Waals surface area (Å²) in [7, 11) is -2.04. The molecule has 0 spiro atoms. The van der Waals surface area contributed by atoms with Crippen molar-refractivity contribution in [1.29, 1.82) is 5.26 Å². The van der Waals surface area contributed by atoms with Gasteiger partial charge in [0.2, 0.25) is 0 Å². The number of rotatable bonds is 11. The molecule has 1 unspecified atom stereocenters. The van der Waals surface area contributed by atoms with Crippen LogP contribution in [-0.4, -0.2) is 75.6 Å². The number of hydrogen-bond acceptors (Lipinski definition) is 7. The quantitative estimate of drug-likeness (QED) is 0.359. The van der Waals surface area contributed by atoms with Gasteiger partial charge < -0.3 is 19.5 Å². The summed E-state index contributed by atoms with van der Waals surface area (Å²) in [6.07, 6.45) is 5.44. The van der Waals surface area contributed by atoms with Gasteiger partial charge in [-0.3, -0.25) is 0 Å². The number of imidazole rings is 1. The fourth-order valence-corrected chi connectivity index (χ4v) is 6.54. The summed E-state index contributed by atoms with van der Waals surface area (Å²) in [5, 5.41) is 18.8. The molecule has 1 amide bonds. The van der Waals surface area contributed by atoms with Crippen LogP contribution in [0.2, 0.25) is 0 Å². The topological polar surface area (TPSA) is 136 Å². The largest absolute Gasteiger partial charge is 0.465 e. The number of fused-ring (bicyclic) bond motifs is 1. The van der Waals surface area contributed by atoms with Crippen LogP contribution in [0.5, 0.6) is 0 Å². The second kappa shape index (κ2) is 12.3. The van der Waals surface area contributed by atoms with Gasteiger partial charge in [-0.25, -0.2) is 23.2 Å². The Kier molecular flexibility index (Phi) is 8.83. The predicted molar refractivity (Wildman–Crippen MR) is 146 cm³/mol. The van der Waals surface area contributed by atoms with Crippen molar-refractivity contribution < 1.29 is 18.3 Å². The second-order valence-corrected chi connectivity index (χ2v) is 11.4. The molecule has 4 rings (SSSR count). The molecular formula is C27H33N7O4S. The molecule has 1 aliphatic rings. The summed E-state index contributed by atoms with van der Waals surface area (Å²) in [5.41, 5.74) is 3.35. The van der Waals surface area contributed by atoms with Gasteiger partial charge in [-0.2, -0.15) is 9.57 Å². The molecule has 11 nitrogen and oxygen atoms in total. The van der Waals surface area contributed by atoms with E-state index in [4.69, 9.17) is 0 Å². The molecule has 2 aromatic heterocycles. The normalized spacial score (nSPS) is 15.1. The van der Waals surface area contributed by atoms with E-state index < -0.39 is 22.2 Å². The van der Waals surface area contributed by atoms with Gasteiger partial charge in [0.1, 0.15) is 0 Å². The lowest BCUT2D eigenvalue weighted by Gasteiger charge is -2.40. The maximum absolute atomic E-state index is 13.9. The molecule has 12 heteroatoms. The zero-order valence-electron chi connectivity index (χ0n) is 22.1. The Morgan fingerprint density at radius 2 is 2.03 bits per heavy atom. The van der Waals surface area contributed by atoms with Crippen molar-refractivity contribution in [3.8, 4) is 6.07 Å². The van der Waals surface area contributed by atoms with Gasteiger partial charge in [-0.05, 0) is 62.1 Å². The molecule has 3 heterocycles. The van der Waals surface area contributed by atoms with Crippen LogP contribution in [0.1, 0.15) is 36.6 Å². The smallest absolute Gasteiger partial charge is 0.407 e. The molecule has 39 heavy (non-hydrogen) atoms. The van der Waals surface area contributed by atoms with Crippen molar-refractivity contribution in [2.24, 2.45) is 7.05 Å². The van der Waals surface area contributed by atoms with Crippen molar-refractivity contribution in [2.75, 3.05) is 31.1 Å². The van der Waals surface area contributed by atoms with E-state index in [1.165, 1.54) is 21.5 Å². The third kappa shape index (κ3) is 6.38. The molecular weight excluding hydrogens is 518 g/mol. The highest BCUT2D eigenvalue weighted by Crippen LogP contribution is 2.33. The maximum atomic E-state index is 13.9. The number of carbonyl (C=O) groups is 1. The van der Waals surface area contributed by atoms with Crippen LogP contribution in [0.15, 0.2) is 60.1 Å². The molecule has 0 saturated carbocycles. The van der Waals surface area contributed by atoms with E-state index in [9.17, 15) is 23.6 Å². The van der Waals surface area contributed by atoms with Gasteiger partial charge in [-0.1, -0.05) is 6.07 Å². The lowest BCUT2D eigenvalue weighted by Crippen LogP contribution is -2.51. The minimum absolute atomic E-state index is 0.0273. The van der Waals surface area contributed by atoms with Crippen molar-refractivity contribution in [2.45, 2.75) is 43.8 Å². The lowest BCUT2D eigenvalue weighted by atomic mass is 9.95. The number of nitrogens with zero attached hydrogens (tertiary/aromatic N) is 7. The Labute approximate surface area is 229 Å². The summed E-state index contributed by atoms with van der Waals surface area (Å²) in [6.45, 7) is 3.65. The Balaban J connectivity index is 1.66. The number of carboxylic acid groups (broad SMARTS) is 1. The van der Waals surface area contributed by atoms with Gasteiger partial charge in [0.05, 0.1) is 30.2 Å². The van der Waals surface area contributed by atoms with Crippen LogP contribution < -0.4 is 4.90 Å². The average Bonchev–Trinajstić information content (AvgIpc) is 3.34. The summed E-state index contributed by atoms with van der Waals surface area (Å²) in [4.78, 5) is 23.2. The number of aryl methyl sites for hydroxylation is 1. The maximum Gasteiger partial charge on any atom is 0.407 e. The minimum Gasteiger partial charge on any atom is -0.465 e. The van der Waals surface area contributed by atoms with Gasteiger partial charge in [0.15, 0.2) is 5.03 Å². The highest BCUT2D eigenvalue weighted by atomic mass is 32.2. The first-order chi connectivity index (χ1) is 18.7. The Bertz CT molecular complexity index is 1440. The van der Waals surface area contributed by atoms with Gasteiger partial charge in [0.25, 0.3) is 10.0 Å². The van der Waals surface area contributed by atoms with Crippen LogP contribution in [0.25, 0.3) is 0 Å². The molecule has 206 valence electrons. The molecule has 1 aromatic carbocycles. The number of nitriles is 1. The third-order valence-corrected chi connectivity index (χ3v) is 8.90. The summed E-state index contributed by atoms with van der Waals surface area (Å²) in [6, 6.07) is 12.1. The highest BCUT2D eigenvalue weighted by Gasteiger charge is 2.36. The van der Waals surface area contributed by atoms with E-state index >= 15 is 0 Å². The molecule has 1 atom stereocenters. The molecule has 1 aliphatic heterocycles. The minimum atomic E-state index is -3.95. The van der Waals surface area contributed by atoms with Crippen molar-refractivity contribution in [3.63, 3.8) is 0 Å². The van der Waals surface area contributed by atoms with Crippen molar-refractivity contribution in [3.05, 3.63) is 71.9 Å². The number of benzene rings is 1. The number of anilines is 1. The van der Waals surface area contributed by atoms with Crippen LogP contribution in [0, 0.1) is 11.3 Å². The number of aromatic nitrogens is 3. The summed E-state index contributed by atoms with van der Waals surface area (Å²) < 4.78 is 31.3. The number of amides is 1. The van der Waals surface area contributed by atoms with Crippen LogP contribution in [0.4, 0.5) is 10.5 Å². The SMILES string of the molecule is CCN(CCCCN(C1Cc2cc(C#N)ccc2N(Cc2cncn2C)C1)S(=O)(=O)c1ccccn1)C(=O)O. The number of pyridine rings is 1. The van der Waals surface area contributed by atoms with E-state index in [0.717, 1.165) is 16.9 Å². The Hall–Kier alpha value is -3.95. The van der Waals surface area contributed by atoms with Crippen molar-refractivity contribution in [1.82, 2.24) is 23.7 Å². The van der Waals surface area contributed by atoms with E-state index in [1.54, 1.807) is 37.6 Å². The third-order valence-electron chi connectivity index (χ3n) is 7.03.